The first kappa shape index (κ1) is 23.5. The van der Waals surface area contributed by atoms with Crippen molar-refractivity contribution in [2.24, 2.45) is 0 Å². The highest BCUT2D eigenvalue weighted by atomic mass is 32.2. The lowest BCUT2D eigenvalue weighted by atomic mass is 10.1. The van der Waals surface area contributed by atoms with Crippen molar-refractivity contribution >= 4 is 22.7 Å². The van der Waals surface area contributed by atoms with Gasteiger partial charge in [0.25, 0.3) is 5.56 Å². The van der Waals surface area contributed by atoms with Gasteiger partial charge in [-0.2, -0.15) is 0 Å². The second-order valence-electron chi connectivity index (χ2n) is 8.23. The Balaban J connectivity index is 1.46. The van der Waals surface area contributed by atoms with E-state index in [2.05, 4.69) is 0 Å². The molecule has 0 amide bonds. The molecule has 1 aliphatic rings. The van der Waals surface area contributed by atoms with E-state index < -0.39 is 6.29 Å². The van der Waals surface area contributed by atoms with Crippen LogP contribution in [0.3, 0.4) is 0 Å². The van der Waals surface area contributed by atoms with Crippen molar-refractivity contribution in [2.75, 3.05) is 13.7 Å². The van der Waals surface area contributed by atoms with Gasteiger partial charge in [0.2, 0.25) is 6.29 Å². The zero-order valence-electron chi connectivity index (χ0n) is 19.3. The van der Waals surface area contributed by atoms with E-state index in [-0.39, 0.29) is 18.0 Å². The van der Waals surface area contributed by atoms with E-state index in [9.17, 15) is 9.18 Å². The second kappa shape index (κ2) is 10.6. The summed E-state index contributed by atoms with van der Waals surface area (Å²) in [6.45, 7) is 1.27. The lowest BCUT2D eigenvalue weighted by molar-refractivity contribution is -0.112. The average molecular weight is 493 g/mol. The van der Waals surface area contributed by atoms with Crippen LogP contribution in [0.4, 0.5) is 4.39 Å². The number of hydrogen-bond donors (Lipinski definition) is 0. The summed E-state index contributed by atoms with van der Waals surface area (Å²) >= 11 is 1.39. The number of thioether (sulfide) groups is 1. The SMILES string of the molecule is COCCCn1c(SCc2cc(F)cc3c2OC(c2ccccc2)OC3)nc2ccccc2c1=O. The first-order valence-electron chi connectivity index (χ1n) is 11.4. The maximum atomic E-state index is 14.5. The number of rotatable bonds is 8. The van der Waals surface area contributed by atoms with Crippen molar-refractivity contribution in [2.45, 2.75) is 36.8 Å². The second-order valence-corrected chi connectivity index (χ2v) is 9.17. The smallest absolute Gasteiger partial charge is 0.262 e. The average Bonchev–Trinajstić information content (AvgIpc) is 2.89. The number of benzene rings is 3. The van der Waals surface area contributed by atoms with Gasteiger partial charge in [-0.15, -0.1) is 0 Å². The van der Waals surface area contributed by atoms with Crippen molar-refractivity contribution in [3.8, 4) is 5.75 Å². The molecular weight excluding hydrogens is 467 g/mol. The van der Waals surface area contributed by atoms with E-state index in [1.165, 1.54) is 23.9 Å². The molecule has 0 aliphatic carbocycles. The number of hydrogen-bond acceptors (Lipinski definition) is 6. The number of methoxy groups -OCH3 is 1. The van der Waals surface area contributed by atoms with Gasteiger partial charge in [-0.3, -0.25) is 9.36 Å². The van der Waals surface area contributed by atoms with Crippen LogP contribution in [-0.2, 0) is 28.4 Å². The standard InChI is InChI=1S/C27H25FN2O4S/c1-32-13-7-12-30-25(31)22-10-5-6-11-23(22)29-27(30)35-17-20-15-21(28)14-19-16-33-26(34-24(19)20)18-8-3-2-4-9-18/h2-6,8-11,14-15,26H,7,12-13,16-17H2,1H3. The third-order valence-corrected chi connectivity index (χ3v) is 6.83. The Hall–Kier alpha value is -3.20. The largest absolute Gasteiger partial charge is 0.460 e. The molecule has 0 spiro atoms. The third kappa shape index (κ3) is 5.10. The van der Waals surface area contributed by atoms with Crippen molar-refractivity contribution in [3.05, 3.63) is 99.6 Å². The predicted molar refractivity (Wildman–Crippen MR) is 133 cm³/mol. The van der Waals surface area contributed by atoms with Gasteiger partial charge in [-0.1, -0.05) is 54.2 Å². The van der Waals surface area contributed by atoms with Crippen LogP contribution in [0.1, 0.15) is 29.4 Å². The van der Waals surface area contributed by atoms with E-state index in [1.54, 1.807) is 17.7 Å². The number of aromatic nitrogens is 2. The Morgan fingerprint density at radius 3 is 2.77 bits per heavy atom. The van der Waals surface area contributed by atoms with Crippen LogP contribution in [0.15, 0.2) is 76.7 Å². The molecule has 2 heterocycles. The zero-order valence-corrected chi connectivity index (χ0v) is 20.1. The first-order chi connectivity index (χ1) is 17.1. The molecule has 0 bridgehead atoms. The summed E-state index contributed by atoms with van der Waals surface area (Å²) in [5.74, 6) is 0.651. The quantitative estimate of drug-likeness (QED) is 0.185. The predicted octanol–water partition coefficient (Wildman–Crippen LogP) is 5.47. The molecule has 0 N–H and O–H groups in total. The molecule has 1 aromatic heterocycles. The lowest BCUT2D eigenvalue weighted by Crippen LogP contribution is -2.24. The molecule has 8 heteroatoms. The van der Waals surface area contributed by atoms with E-state index in [0.29, 0.717) is 58.3 Å². The molecule has 1 atom stereocenters. The highest BCUT2D eigenvalue weighted by Gasteiger charge is 2.25. The van der Waals surface area contributed by atoms with Crippen molar-refractivity contribution < 1.29 is 18.6 Å². The lowest BCUT2D eigenvalue weighted by Gasteiger charge is -2.28. The van der Waals surface area contributed by atoms with Gasteiger partial charge in [-0.05, 0) is 30.7 Å². The maximum Gasteiger partial charge on any atom is 0.262 e. The van der Waals surface area contributed by atoms with Crippen LogP contribution >= 0.6 is 11.8 Å². The summed E-state index contributed by atoms with van der Waals surface area (Å²) in [5.41, 5.74) is 2.79. The summed E-state index contributed by atoms with van der Waals surface area (Å²) < 4.78 is 33.3. The Morgan fingerprint density at radius 1 is 1.14 bits per heavy atom. The molecule has 180 valence electrons. The van der Waals surface area contributed by atoms with Gasteiger partial charge < -0.3 is 14.2 Å². The molecule has 5 rings (SSSR count). The van der Waals surface area contributed by atoms with Gasteiger partial charge >= 0.3 is 0 Å². The summed E-state index contributed by atoms with van der Waals surface area (Å²) in [4.78, 5) is 18.0. The molecule has 4 aromatic rings. The Bertz CT molecular complexity index is 1390. The Kier molecular flexibility index (Phi) is 7.13. The molecule has 0 saturated heterocycles. The van der Waals surface area contributed by atoms with Gasteiger partial charge in [0.15, 0.2) is 5.16 Å². The summed E-state index contributed by atoms with van der Waals surface area (Å²) in [6.07, 6.45) is 0.113. The van der Waals surface area contributed by atoms with E-state index in [4.69, 9.17) is 19.2 Å². The molecule has 3 aromatic carbocycles. The molecule has 0 saturated carbocycles. The molecule has 1 unspecified atom stereocenters. The number of ether oxygens (including phenoxy) is 3. The van der Waals surface area contributed by atoms with Crippen LogP contribution < -0.4 is 10.3 Å². The van der Waals surface area contributed by atoms with Crippen molar-refractivity contribution in [1.82, 2.24) is 9.55 Å². The van der Waals surface area contributed by atoms with Crippen LogP contribution in [0.25, 0.3) is 10.9 Å². The number of nitrogens with zero attached hydrogens (tertiary/aromatic N) is 2. The van der Waals surface area contributed by atoms with Crippen LogP contribution in [0.5, 0.6) is 5.75 Å². The van der Waals surface area contributed by atoms with Gasteiger partial charge in [-0.25, -0.2) is 9.37 Å². The van der Waals surface area contributed by atoms with Crippen LogP contribution in [0, 0.1) is 5.82 Å². The molecule has 35 heavy (non-hydrogen) atoms. The Labute approximate surface area is 206 Å². The van der Waals surface area contributed by atoms with Gasteiger partial charge in [0.05, 0.1) is 17.5 Å². The summed E-state index contributed by atoms with van der Waals surface area (Å²) in [6, 6.07) is 19.9. The fraction of sp³-hybridized carbons (Fsp3) is 0.259. The molecule has 0 radical (unpaired) electrons. The molecule has 0 fully saturated rings. The van der Waals surface area contributed by atoms with Gasteiger partial charge in [0.1, 0.15) is 11.6 Å². The number of halogens is 1. The fourth-order valence-electron chi connectivity index (χ4n) is 4.12. The minimum atomic E-state index is -0.566. The van der Waals surface area contributed by atoms with Crippen LogP contribution in [0.2, 0.25) is 0 Å². The van der Waals surface area contributed by atoms with E-state index in [0.717, 1.165) is 5.56 Å². The number of para-hydroxylation sites is 1. The Morgan fingerprint density at radius 2 is 1.94 bits per heavy atom. The highest BCUT2D eigenvalue weighted by molar-refractivity contribution is 7.98. The zero-order chi connectivity index (χ0) is 24.2. The normalized spacial score (nSPS) is 15.1. The van der Waals surface area contributed by atoms with Crippen LogP contribution in [-0.4, -0.2) is 23.3 Å². The van der Waals surface area contributed by atoms with Gasteiger partial charge in [0, 0.05) is 42.7 Å². The fourth-order valence-corrected chi connectivity index (χ4v) is 5.11. The minimum Gasteiger partial charge on any atom is -0.460 e. The van der Waals surface area contributed by atoms with Crippen molar-refractivity contribution in [3.63, 3.8) is 0 Å². The summed E-state index contributed by atoms with van der Waals surface area (Å²) in [5, 5.41) is 1.15. The topological polar surface area (TPSA) is 62.6 Å². The monoisotopic (exact) mass is 492 g/mol. The number of fused-ring (bicyclic) bond motifs is 2. The molecule has 6 nitrogen and oxygen atoms in total. The third-order valence-electron chi connectivity index (χ3n) is 5.81. The molecule has 1 aliphatic heterocycles. The molecular formula is C27H25FN2O4S. The highest BCUT2D eigenvalue weighted by Crippen LogP contribution is 2.38. The first-order valence-corrected chi connectivity index (χ1v) is 12.4. The summed E-state index contributed by atoms with van der Waals surface area (Å²) in [7, 11) is 1.64. The van der Waals surface area contributed by atoms with E-state index in [1.807, 2.05) is 48.5 Å². The maximum absolute atomic E-state index is 14.5. The van der Waals surface area contributed by atoms with E-state index >= 15 is 0 Å². The minimum absolute atomic E-state index is 0.0933. The van der Waals surface area contributed by atoms with Crippen molar-refractivity contribution in [1.29, 1.82) is 0 Å².